The van der Waals surface area contributed by atoms with Crippen molar-refractivity contribution in [3.8, 4) is 0 Å². The summed E-state index contributed by atoms with van der Waals surface area (Å²) in [6.45, 7) is 9.12. The molecule has 0 bridgehead atoms. The van der Waals surface area contributed by atoms with Gasteiger partial charge in [0.05, 0.1) is 18.6 Å². The van der Waals surface area contributed by atoms with Crippen LogP contribution in [0.15, 0.2) is 11.6 Å². The van der Waals surface area contributed by atoms with Crippen LogP contribution in [0.25, 0.3) is 0 Å². The molecule has 1 saturated heterocycles. The van der Waals surface area contributed by atoms with Crippen molar-refractivity contribution >= 4 is 17.3 Å². The molecule has 0 amide bonds. The number of hydrogen-bond donors (Lipinski definition) is 0. The molecule has 5 heteroatoms. The van der Waals surface area contributed by atoms with Gasteiger partial charge in [0.1, 0.15) is 5.01 Å². The molecule has 2 rings (SSSR count). The molecule has 1 aromatic rings. The summed E-state index contributed by atoms with van der Waals surface area (Å²) in [4.78, 5) is 18.9. The van der Waals surface area contributed by atoms with Gasteiger partial charge in [-0.05, 0) is 25.8 Å². The Bertz CT molecular complexity index is 419. The van der Waals surface area contributed by atoms with Crippen molar-refractivity contribution in [3.63, 3.8) is 0 Å². The number of thiazole rings is 1. The second-order valence-corrected chi connectivity index (χ2v) is 6.40. The number of likely N-dealkylation sites (tertiary alicyclic amines) is 1. The molecule has 1 aromatic heterocycles. The van der Waals surface area contributed by atoms with Gasteiger partial charge in [0.25, 0.3) is 0 Å². The number of hydrogen-bond acceptors (Lipinski definition) is 5. The second kappa shape index (κ2) is 6.01. The number of rotatable bonds is 5. The summed E-state index contributed by atoms with van der Waals surface area (Å²) in [7, 11) is 0. The lowest BCUT2D eigenvalue weighted by molar-refractivity contribution is -0.157. The predicted molar refractivity (Wildman–Crippen MR) is 75.9 cm³/mol. The highest BCUT2D eigenvalue weighted by Gasteiger charge is 2.48. The average molecular weight is 282 g/mol. The van der Waals surface area contributed by atoms with Crippen molar-refractivity contribution in [2.24, 2.45) is 11.3 Å². The van der Waals surface area contributed by atoms with Gasteiger partial charge in [-0.2, -0.15) is 0 Å². The monoisotopic (exact) mass is 282 g/mol. The van der Waals surface area contributed by atoms with Crippen LogP contribution in [0.1, 0.15) is 32.2 Å². The van der Waals surface area contributed by atoms with Crippen LogP contribution in [-0.2, 0) is 16.1 Å². The Morgan fingerprint density at radius 1 is 1.63 bits per heavy atom. The molecule has 0 saturated carbocycles. The quantitative estimate of drug-likeness (QED) is 0.778. The lowest BCUT2D eigenvalue weighted by atomic mass is 9.76. The molecule has 0 N–H and O–H groups in total. The summed E-state index contributed by atoms with van der Waals surface area (Å²) in [5.41, 5.74) is -0.340. The van der Waals surface area contributed by atoms with Gasteiger partial charge < -0.3 is 4.74 Å². The number of carbonyl (C=O) groups excluding carboxylic acids is 1. The van der Waals surface area contributed by atoms with E-state index in [9.17, 15) is 4.79 Å². The zero-order valence-electron chi connectivity index (χ0n) is 11.9. The summed E-state index contributed by atoms with van der Waals surface area (Å²) in [5, 5.41) is 3.11. The maximum absolute atomic E-state index is 12.3. The van der Waals surface area contributed by atoms with Crippen LogP contribution < -0.4 is 0 Å². The van der Waals surface area contributed by atoms with Crippen LogP contribution in [-0.4, -0.2) is 35.5 Å². The molecule has 0 spiro atoms. The van der Waals surface area contributed by atoms with Gasteiger partial charge in [0.15, 0.2) is 0 Å². The molecule has 1 aliphatic heterocycles. The number of nitrogens with zero attached hydrogens (tertiary/aromatic N) is 2. The number of esters is 1. The molecule has 1 aliphatic rings. The van der Waals surface area contributed by atoms with Crippen molar-refractivity contribution in [2.75, 3.05) is 19.7 Å². The van der Waals surface area contributed by atoms with E-state index in [1.165, 1.54) is 0 Å². The third-order valence-corrected chi connectivity index (χ3v) is 4.77. The predicted octanol–water partition coefficient (Wildman–Crippen LogP) is 2.55. The molecule has 1 fully saturated rings. The van der Waals surface area contributed by atoms with E-state index in [0.29, 0.717) is 12.5 Å². The maximum atomic E-state index is 12.3. The lowest BCUT2D eigenvalue weighted by Gasteiger charge is -2.30. The molecule has 0 unspecified atom stereocenters. The highest BCUT2D eigenvalue weighted by atomic mass is 32.1. The van der Waals surface area contributed by atoms with E-state index in [1.54, 1.807) is 11.3 Å². The van der Waals surface area contributed by atoms with E-state index in [0.717, 1.165) is 31.1 Å². The highest BCUT2D eigenvalue weighted by molar-refractivity contribution is 7.09. The fourth-order valence-electron chi connectivity index (χ4n) is 2.72. The average Bonchev–Trinajstić information content (AvgIpc) is 3.00. The Morgan fingerprint density at radius 2 is 2.42 bits per heavy atom. The minimum absolute atomic E-state index is 0.0355. The smallest absolute Gasteiger partial charge is 0.313 e. The van der Waals surface area contributed by atoms with Gasteiger partial charge >= 0.3 is 5.97 Å². The van der Waals surface area contributed by atoms with Gasteiger partial charge in [-0.25, -0.2) is 4.98 Å². The van der Waals surface area contributed by atoms with E-state index in [2.05, 4.69) is 23.7 Å². The second-order valence-electron chi connectivity index (χ2n) is 5.42. The van der Waals surface area contributed by atoms with Crippen molar-refractivity contribution < 1.29 is 9.53 Å². The van der Waals surface area contributed by atoms with Crippen LogP contribution in [0.2, 0.25) is 0 Å². The van der Waals surface area contributed by atoms with E-state index in [1.807, 2.05) is 18.5 Å². The molecule has 0 radical (unpaired) electrons. The van der Waals surface area contributed by atoms with Gasteiger partial charge in [-0.1, -0.05) is 13.8 Å². The van der Waals surface area contributed by atoms with Gasteiger partial charge in [0, 0.05) is 18.1 Å². The van der Waals surface area contributed by atoms with Gasteiger partial charge in [-0.15, -0.1) is 11.3 Å². The topological polar surface area (TPSA) is 42.4 Å². The summed E-state index contributed by atoms with van der Waals surface area (Å²) >= 11 is 1.67. The molecule has 106 valence electrons. The Kier molecular flexibility index (Phi) is 4.58. The molecule has 19 heavy (non-hydrogen) atoms. The fourth-order valence-corrected chi connectivity index (χ4v) is 3.38. The van der Waals surface area contributed by atoms with Gasteiger partial charge in [0.2, 0.25) is 0 Å². The summed E-state index contributed by atoms with van der Waals surface area (Å²) in [6, 6.07) is 0. The van der Waals surface area contributed by atoms with Crippen molar-refractivity contribution in [2.45, 2.75) is 33.7 Å². The number of aromatic nitrogens is 1. The first-order chi connectivity index (χ1) is 9.08. The summed E-state index contributed by atoms with van der Waals surface area (Å²) in [5.74, 6) is 0.263. The van der Waals surface area contributed by atoms with Crippen LogP contribution >= 0.6 is 11.3 Å². The third kappa shape index (κ3) is 2.98. The SMILES string of the molecule is CCOC(=O)[C@]1(C(C)C)CCN(Cc2nccs2)C1. The van der Waals surface area contributed by atoms with E-state index in [4.69, 9.17) is 4.74 Å². The first-order valence-electron chi connectivity index (χ1n) is 6.86. The molecule has 4 nitrogen and oxygen atoms in total. The Morgan fingerprint density at radius 3 is 3.00 bits per heavy atom. The fraction of sp³-hybridized carbons (Fsp3) is 0.714. The molecule has 1 atom stereocenters. The zero-order chi connectivity index (χ0) is 13.9. The largest absolute Gasteiger partial charge is 0.466 e. The first kappa shape index (κ1) is 14.5. The Hall–Kier alpha value is -0.940. The minimum Gasteiger partial charge on any atom is -0.466 e. The zero-order valence-corrected chi connectivity index (χ0v) is 12.7. The van der Waals surface area contributed by atoms with E-state index >= 15 is 0 Å². The standard InChI is InChI=1S/C14H22N2O2S/c1-4-18-13(17)14(11(2)3)5-7-16(10-14)9-12-15-6-8-19-12/h6,8,11H,4-5,7,9-10H2,1-3H3/t14-/m1/s1. The third-order valence-electron chi connectivity index (χ3n) is 4.01. The minimum atomic E-state index is -0.340. The summed E-state index contributed by atoms with van der Waals surface area (Å²) < 4.78 is 5.30. The molecule has 0 aliphatic carbocycles. The van der Waals surface area contributed by atoms with Crippen molar-refractivity contribution in [1.82, 2.24) is 9.88 Å². The van der Waals surface area contributed by atoms with Crippen LogP contribution in [0.4, 0.5) is 0 Å². The van der Waals surface area contributed by atoms with E-state index < -0.39 is 0 Å². The van der Waals surface area contributed by atoms with Crippen LogP contribution in [0, 0.1) is 11.3 Å². The normalized spacial score (nSPS) is 24.0. The van der Waals surface area contributed by atoms with Crippen molar-refractivity contribution in [1.29, 1.82) is 0 Å². The van der Waals surface area contributed by atoms with Crippen LogP contribution in [0.5, 0.6) is 0 Å². The highest BCUT2D eigenvalue weighted by Crippen LogP contribution is 2.39. The maximum Gasteiger partial charge on any atom is 0.313 e. The van der Waals surface area contributed by atoms with Crippen LogP contribution in [0.3, 0.4) is 0 Å². The summed E-state index contributed by atoms with van der Waals surface area (Å²) in [6.07, 6.45) is 2.71. The number of carbonyl (C=O) groups is 1. The number of ether oxygens (including phenoxy) is 1. The van der Waals surface area contributed by atoms with E-state index in [-0.39, 0.29) is 11.4 Å². The lowest BCUT2D eigenvalue weighted by Crippen LogP contribution is -2.40. The molecular weight excluding hydrogens is 260 g/mol. The molecule has 2 heterocycles. The van der Waals surface area contributed by atoms with Gasteiger partial charge in [-0.3, -0.25) is 9.69 Å². The Labute approximate surface area is 118 Å². The van der Waals surface area contributed by atoms with Crippen molar-refractivity contribution in [3.05, 3.63) is 16.6 Å². The first-order valence-corrected chi connectivity index (χ1v) is 7.74. The molecular formula is C14H22N2O2S. The molecule has 0 aromatic carbocycles. The Balaban J connectivity index is 2.05.